The van der Waals surface area contributed by atoms with Gasteiger partial charge in [-0.05, 0) is 103 Å². The van der Waals surface area contributed by atoms with Crippen molar-refractivity contribution in [2.75, 3.05) is 32.1 Å². The maximum atomic E-state index is 14.7. The number of ether oxygens (including phenoxy) is 2. The fraction of sp³-hybridized carbons (Fsp3) is 0.471. The Balaban J connectivity index is 1.11. The summed E-state index contributed by atoms with van der Waals surface area (Å²) in [6.07, 6.45) is 11.0. The molecule has 0 amide bonds. The van der Waals surface area contributed by atoms with E-state index in [1.54, 1.807) is 25.3 Å². The molecule has 0 bridgehead atoms. The van der Waals surface area contributed by atoms with Crippen molar-refractivity contribution in [2.45, 2.75) is 76.2 Å². The zero-order chi connectivity index (χ0) is 27.7. The number of aryl methyl sites for hydroxylation is 2. The minimum atomic E-state index is -0.288. The van der Waals surface area contributed by atoms with Gasteiger partial charge in [-0.1, -0.05) is 37.5 Å². The first-order chi connectivity index (χ1) is 19.6. The van der Waals surface area contributed by atoms with Gasteiger partial charge in [0.2, 0.25) is 0 Å². The van der Waals surface area contributed by atoms with Crippen LogP contribution in [-0.2, 0) is 19.3 Å². The molecule has 0 radical (unpaired) electrons. The SMILES string of the molecule is COc1ccc(C2CCc3cc(O)ccc3C2)c(NCCCc2ccc(OCCNC3CCCCC3)c(F)c2)c1. The van der Waals surface area contributed by atoms with Crippen LogP contribution in [0, 0.1) is 5.82 Å². The fourth-order valence-electron chi connectivity index (χ4n) is 6.24. The third-order valence-electron chi connectivity index (χ3n) is 8.47. The van der Waals surface area contributed by atoms with E-state index in [0.29, 0.717) is 30.1 Å². The van der Waals surface area contributed by atoms with Gasteiger partial charge in [0.1, 0.15) is 18.1 Å². The molecule has 0 aliphatic heterocycles. The molecule has 5 rings (SSSR count). The van der Waals surface area contributed by atoms with Gasteiger partial charge in [-0.2, -0.15) is 0 Å². The van der Waals surface area contributed by atoms with Gasteiger partial charge < -0.3 is 25.2 Å². The van der Waals surface area contributed by atoms with Crippen LogP contribution in [0.4, 0.5) is 10.1 Å². The van der Waals surface area contributed by atoms with Crippen molar-refractivity contribution < 1.29 is 19.0 Å². The molecule has 0 saturated heterocycles. The molecule has 1 unspecified atom stereocenters. The van der Waals surface area contributed by atoms with Crippen molar-refractivity contribution in [1.29, 1.82) is 0 Å². The summed E-state index contributed by atoms with van der Waals surface area (Å²) in [5.74, 6) is 1.62. The Bertz CT molecular complexity index is 1260. The van der Waals surface area contributed by atoms with Gasteiger partial charge in [-0.25, -0.2) is 4.39 Å². The molecular weight excluding hydrogens is 503 g/mol. The topological polar surface area (TPSA) is 62.8 Å². The summed E-state index contributed by atoms with van der Waals surface area (Å²) in [5, 5.41) is 17.0. The summed E-state index contributed by atoms with van der Waals surface area (Å²) in [7, 11) is 1.69. The number of aromatic hydroxyl groups is 1. The Hall–Kier alpha value is -3.25. The largest absolute Gasteiger partial charge is 0.508 e. The number of halogens is 1. The quantitative estimate of drug-likeness (QED) is 0.211. The number of anilines is 1. The van der Waals surface area contributed by atoms with E-state index in [9.17, 15) is 9.50 Å². The first-order valence-electron chi connectivity index (χ1n) is 15.0. The third-order valence-corrected chi connectivity index (χ3v) is 8.47. The van der Waals surface area contributed by atoms with Crippen LogP contribution >= 0.6 is 0 Å². The number of nitrogens with one attached hydrogen (secondary N) is 2. The third kappa shape index (κ3) is 7.48. The Kier molecular flexibility index (Phi) is 9.82. The smallest absolute Gasteiger partial charge is 0.165 e. The first kappa shape index (κ1) is 28.3. The molecule has 40 heavy (non-hydrogen) atoms. The fourth-order valence-corrected chi connectivity index (χ4v) is 6.24. The van der Waals surface area contributed by atoms with E-state index in [1.807, 2.05) is 18.2 Å². The molecular formula is C34H43FN2O3. The number of fused-ring (bicyclic) bond motifs is 1. The zero-order valence-corrected chi connectivity index (χ0v) is 23.7. The molecule has 6 heteroatoms. The maximum absolute atomic E-state index is 14.7. The van der Waals surface area contributed by atoms with Gasteiger partial charge >= 0.3 is 0 Å². The number of phenolic OH excluding ortho intramolecular Hbond substituents is 1. The number of methoxy groups -OCH3 is 1. The number of hydrogen-bond acceptors (Lipinski definition) is 5. The Morgan fingerprint density at radius 3 is 2.62 bits per heavy atom. The van der Waals surface area contributed by atoms with Gasteiger partial charge in [0, 0.05) is 30.9 Å². The van der Waals surface area contributed by atoms with Crippen LogP contribution in [0.2, 0.25) is 0 Å². The molecule has 1 saturated carbocycles. The Morgan fingerprint density at radius 1 is 0.925 bits per heavy atom. The van der Waals surface area contributed by atoms with Crippen LogP contribution < -0.4 is 20.1 Å². The number of hydrogen-bond donors (Lipinski definition) is 3. The summed E-state index contributed by atoms with van der Waals surface area (Å²) >= 11 is 0. The van der Waals surface area contributed by atoms with Crippen molar-refractivity contribution >= 4 is 5.69 Å². The zero-order valence-electron chi connectivity index (χ0n) is 23.7. The van der Waals surface area contributed by atoms with Gasteiger partial charge in [-0.3, -0.25) is 0 Å². The predicted molar refractivity (Wildman–Crippen MR) is 159 cm³/mol. The van der Waals surface area contributed by atoms with Crippen molar-refractivity contribution in [3.05, 3.63) is 82.7 Å². The number of phenols is 1. The highest BCUT2D eigenvalue weighted by Crippen LogP contribution is 2.38. The summed E-state index contributed by atoms with van der Waals surface area (Å²) in [6.45, 7) is 2.01. The van der Waals surface area contributed by atoms with Gasteiger partial charge in [0.05, 0.1) is 7.11 Å². The lowest BCUT2D eigenvalue weighted by Crippen LogP contribution is -2.34. The maximum Gasteiger partial charge on any atom is 0.165 e. The number of benzene rings is 3. The van der Waals surface area contributed by atoms with Gasteiger partial charge in [0.25, 0.3) is 0 Å². The average molecular weight is 547 g/mol. The standard InChI is InChI=1S/C34H43FN2O3/c1-39-30-14-15-31(27-11-10-26-22-29(38)13-12-25(26)21-27)33(23-30)37-17-5-6-24-9-16-34(32(35)20-24)40-19-18-36-28-7-3-2-4-8-28/h9,12-16,20,22-23,27-28,36-38H,2-8,10-11,17-19,21H2,1H3. The molecule has 3 N–H and O–H groups in total. The highest BCUT2D eigenvalue weighted by atomic mass is 19.1. The van der Waals surface area contributed by atoms with Crippen molar-refractivity contribution in [2.24, 2.45) is 0 Å². The summed E-state index contributed by atoms with van der Waals surface area (Å²) in [6, 6.07) is 18.0. The molecule has 0 aromatic heterocycles. The molecule has 0 heterocycles. The summed E-state index contributed by atoms with van der Waals surface area (Å²) in [4.78, 5) is 0. The van der Waals surface area contributed by atoms with E-state index < -0.39 is 0 Å². The van der Waals surface area contributed by atoms with E-state index in [4.69, 9.17) is 9.47 Å². The van der Waals surface area contributed by atoms with Gasteiger partial charge in [0.15, 0.2) is 11.6 Å². The van der Waals surface area contributed by atoms with Crippen LogP contribution in [0.15, 0.2) is 54.6 Å². The Morgan fingerprint density at radius 2 is 1.80 bits per heavy atom. The minimum absolute atomic E-state index is 0.288. The van der Waals surface area contributed by atoms with Crippen LogP contribution in [0.3, 0.4) is 0 Å². The van der Waals surface area contributed by atoms with E-state index in [0.717, 1.165) is 62.2 Å². The predicted octanol–water partition coefficient (Wildman–Crippen LogP) is 7.16. The van der Waals surface area contributed by atoms with Crippen LogP contribution in [0.1, 0.15) is 73.1 Å². The molecule has 5 nitrogen and oxygen atoms in total. The van der Waals surface area contributed by atoms with Crippen LogP contribution in [0.5, 0.6) is 17.2 Å². The molecule has 0 spiro atoms. The van der Waals surface area contributed by atoms with Crippen molar-refractivity contribution in [3.63, 3.8) is 0 Å². The van der Waals surface area contributed by atoms with E-state index in [1.165, 1.54) is 48.8 Å². The molecule has 2 aliphatic rings. The molecule has 3 aromatic rings. The second kappa shape index (κ2) is 13.9. The first-order valence-corrected chi connectivity index (χ1v) is 15.0. The second-order valence-electron chi connectivity index (χ2n) is 11.3. The van der Waals surface area contributed by atoms with E-state index in [-0.39, 0.29) is 5.82 Å². The normalized spacial score (nSPS) is 17.3. The summed E-state index contributed by atoms with van der Waals surface area (Å²) in [5.41, 5.74) is 5.93. The highest BCUT2D eigenvalue weighted by Gasteiger charge is 2.23. The molecule has 214 valence electrons. The van der Waals surface area contributed by atoms with Crippen LogP contribution in [-0.4, -0.2) is 38.0 Å². The summed E-state index contributed by atoms with van der Waals surface area (Å²) < 4.78 is 25.9. The van der Waals surface area contributed by atoms with Crippen molar-refractivity contribution in [3.8, 4) is 17.2 Å². The van der Waals surface area contributed by atoms with E-state index in [2.05, 4.69) is 28.8 Å². The Labute approximate surface area is 238 Å². The van der Waals surface area contributed by atoms with Crippen LogP contribution in [0.25, 0.3) is 0 Å². The lowest BCUT2D eigenvalue weighted by Gasteiger charge is -2.27. The van der Waals surface area contributed by atoms with Crippen molar-refractivity contribution in [1.82, 2.24) is 5.32 Å². The van der Waals surface area contributed by atoms with E-state index >= 15 is 0 Å². The molecule has 3 aromatic carbocycles. The van der Waals surface area contributed by atoms with Gasteiger partial charge in [-0.15, -0.1) is 0 Å². The average Bonchev–Trinajstić information content (AvgIpc) is 2.98. The lowest BCUT2D eigenvalue weighted by atomic mass is 9.79. The molecule has 2 aliphatic carbocycles. The minimum Gasteiger partial charge on any atom is -0.508 e. The molecule has 1 atom stereocenters. The highest BCUT2D eigenvalue weighted by molar-refractivity contribution is 5.57. The second-order valence-corrected chi connectivity index (χ2v) is 11.3. The monoisotopic (exact) mass is 546 g/mol. The number of rotatable bonds is 12. The lowest BCUT2D eigenvalue weighted by molar-refractivity contribution is 0.279. The molecule has 1 fully saturated rings.